The topological polar surface area (TPSA) is 89.7 Å². The number of aromatic nitrogens is 4. The molecule has 0 spiro atoms. The number of nitrogens with one attached hydrogen (secondary N) is 1. The predicted octanol–water partition coefficient (Wildman–Crippen LogP) is -0.0563. The van der Waals surface area contributed by atoms with Gasteiger partial charge in [0.1, 0.15) is 5.52 Å². The first-order valence-corrected chi connectivity index (χ1v) is 3.11. The highest BCUT2D eigenvalue weighted by Crippen LogP contribution is 2.18. The minimum atomic E-state index is -2.58. The van der Waals surface area contributed by atoms with Crippen molar-refractivity contribution in [1.82, 2.24) is 19.9 Å². The van der Waals surface area contributed by atoms with Crippen LogP contribution in [0.25, 0.3) is 11.2 Å². The van der Waals surface area contributed by atoms with Crippen molar-refractivity contribution in [3.63, 3.8) is 0 Å². The van der Waals surface area contributed by atoms with E-state index in [1.54, 1.807) is 0 Å². The number of ether oxygens (including phenoxy) is 1. The fraction of sp³-hybridized carbons (Fsp3) is 0.167. The van der Waals surface area contributed by atoms with Crippen LogP contribution in [0.5, 0.6) is 5.88 Å². The molecule has 0 aliphatic carbocycles. The first kappa shape index (κ1) is 4.24. The lowest BCUT2D eigenvalue weighted by atomic mass is 10.5. The van der Waals surface area contributed by atoms with E-state index in [0.29, 0.717) is 5.52 Å². The van der Waals surface area contributed by atoms with Crippen molar-refractivity contribution in [3.8, 4) is 5.88 Å². The van der Waals surface area contributed by atoms with Crippen molar-refractivity contribution in [1.29, 1.82) is 0 Å². The second kappa shape index (κ2) is 2.33. The Morgan fingerprint density at radius 1 is 1.67 bits per heavy atom. The first-order valence-electron chi connectivity index (χ1n) is 4.61. The van der Waals surface area contributed by atoms with E-state index >= 15 is 0 Å². The number of hydrogen-bond acceptors (Lipinski definition) is 5. The van der Waals surface area contributed by atoms with E-state index in [1.165, 1.54) is 6.33 Å². The van der Waals surface area contributed by atoms with Crippen LogP contribution in [-0.2, 0) is 0 Å². The maximum absolute atomic E-state index is 6.94. The van der Waals surface area contributed by atoms with Gasteiger partial charge in [0.25, 0.3) is 0 Å². The van der Waals surface area contributed by atoms with E-state index in [0.717, 1.165) is 0 Å². The Bertz CT molecular complexity index is 493. The van der Waals surface area contributed by atoms with Crippen LogP contribution in [-0.4, -0.2) is 27.0 Å². The third-order valence-corrected chi connectivity index (χ3v) is 1.37. The molecule has 0 aliphatic rings. The molecule has 0 amide bonds. The zero-order chi connectivity index (χ0) is 11.1. The van der Waals surface area contributed by atoms with Gasteiger partial charge in [-0.25, -0.2) is 4.98 Å². The van der Waals surface area contributed by atoms with Crippen molar-refractivity contribution < 1.29 is 8.85 Å². The average molecular weight is 168 g/mol. The van der Waals surface area contributed by atoms with Crippen LogP contribution in [0, 0.1) is 0 Å². The van der Waals surface area contributed by atoms with Crippen molar-refractivity contribution in [2.45, 2.75) is 0 Å². The fourth-order valence-corrected chi connectivity index (χ4v) is 0.897. The normalized spacial score (nSPS) is 15.2. The minimum Gasteiger partial charge on any atom is -0.479 e. The molecule has 0 unspecified atom stereocenters. The average Bonchev–Trinajstić information content (AvgIpc) is 2.48. The summed E-state index contributed by atoms with van der Waals surface area (Å²) in [5, 5.41) is 0. The van der Waals surface area contributed by atoms with Crippen molar-refractivity contribution in [2.24, 2.45) is 0 Å². The molecule has 0 aliphatic heterocycles. The molecule has 2 heterocycles. The molecule has 6 nitrogen and oxygen atoms in total. The number of nitrogens with two attached hydrogens (primary N) is 1. The summed E-state index contributed by atoms with van der Waals surface area (Å²) in [6, 6.07) is 0. The summed E-state index contributed by atoms with van der Waals surface area (Å²) in [5.74, 6) is -0.219. The molecule has 6 heteroatoms. The second-order valence-electron chi connectivity index (χ2n) is 2.09. The molecule has 0 atom stereocenters. The summed E-state index contributed by atoms with van der Waals surface area (Å²) in [6.07, 6.45) is 1.35. The van der Waals surface area contributed by atoms with E-state index in [-0.39, 0.29) is 17.5 Å². The number of H-pyrrole nitrogens is 1. The lowest BCUT2D eigenvalue weighted by Gasteiger charge is -1.99. The third kappa shape index (κ3) is 0.849. The molecule has 2 aromatic rings. The SMILES string of the molecule is [2H]C([2H])([2H])Oc1nc(N)nc2nc[nH]c12. The Morgan fingerprint density at radius 2 is 2.58 bits per heavy atom. The van der Waals surface area contributed by atoms with Crippen LogP contribution in [0.3, 0.4) is 0 Å². The zero-order valence-electron chi connectivity index (χ0n) is 8.90. The Morgan fingerprint density at radius 3 is 3.42 bits per heavy atom. The maximum atomic E-state index is 6.94. The molecular weight excluding hydrogens is 158 g/mol. The standard InChI is InChI=1S/C6H7N5O/c1-12-5-3-4(9-2-8-3)10-6(7)11-5/h2H,1H3,(H3,7,8,9,10,11)/i1D3. The Labute approximate surface area is 72.0 Å². The van der Waals surface area contributed by atoms with Crippen LogP contribution in [0.2, 0.25) is 0 Å². The smallest absolute Gasteiger partial charge is 0.244 e. The van der Waals surface area contributed by atoms with E-state index in [9.17, 15) is 0 Å². The molecule has 0 bridgehead atoms. The van der Waals surface area contributed by atoms with Crippen LogP contribution in [0.1, 0.15) is 4.11 Å². The highest BCUT2D eigenvalue weighted by atomic mass is 16.5. The van der Waals surface area contributed by atoms with Crippen LogP contribution < -0.4 is 10.5 Å². The Kier molecular flexibility index (Phi) is 0.824. The van der Waals surface area contributed by atoms with E-state index in [4.69, 9.17) is 9.85 Å². The molecule has 0 fully saturated rings. The highest BCUT2D eigenvalue weighted by molar-refractivity contribution is 5.76. The van der Waals surface area contributed by atoms with Gasteiger partial charge in [-0.2, -0.15) is 9.97 Å². The monoisotopic (exact) mass is 168 g/mol. The van der Waals surface area contributed by atoms with Crippen LogP contribution >= 0.6 is 0 Å². The van der Waals surface area contributed by atoms with Gasteiger partial charge in [-0.3, -0.25) is 0 Å². The first-order chi connectivity index (χ1) is 6.96. The number of fused-ring (bicyclic) bond motifs is 1. The molecule has 2 rings (SSSR count). The molecule has 0 saturated heterocycles. The van der Waals surface area contributed by atoms with E-state index in [2.05, 4.69) is 24.7 Å². The fourth-order valence-electron chi connectivity index (χ4n) is 0.897. The van der Waals surface area contributed by atoms with E-state index < -0.39 is 7.04 Å². The lowest BCUT2D eigenvalue weighted by molar-refractivity contribution is 0.402. The molecular formula is C6H7N5O. The number of hydrogen-bond donors (Lipinski definition) is 2. The molecule has 0 aromatic carbocycles. The number of aromatic amines is 1. The van der Waals surface area contributed by atoms with Gasteiger partial charge in [0.15, 0.2) is 5.65 Å². The number of imidazole rings is 1. The van der Waals surface area contributed by atoms with E-state index in [1.807, 2.05) is 0 Å². The Hall–Kier alpha value is -1.85. The molecule has 0 radical (unpaired) electrons. The third-order valence-electron chi connectivity index (χ3n) is 1.37. The molecule has 62 valence electrons. The van der Waals surface area contributed by atoms with Gasteiger partial charge in [0.05, 0.1) is 17.5 Å². The zero-order valence-corrected chi connectivity index (χ0v) is 5.90. The second-order valence-corrected chi connectivity index (χ2v) is 2.09. The molecule has 0 saturated carbocycles. The molecule has 2 aromatic heterocycles. The summed E-state index contributed by atoms with van der Waals surface area (Å²) in [4.78, 5) is 14.0. The number of nitrogens with zero attached hydrogens (tertiary/aromatic N) is 3. The predicted molar refractivity (Wildman–Crippen MR) is 42.6 cm³/mol. The van der Waals surface area contributed by atoms with Gasteiger partial charge in [-0.05, 0) is 0 Å². The Balaban J connectivity index is 2.53. The minimum absolute atomic E-state index is 0.0890. The van der Waals surface area contributed by atoms with Crippen molar-refractivity contribution in [2.75, 3.05) is 12.8 Å². The van der Waals surface area contributed by atoms with Gasteiger partial charge < -0.3 is 15.5 Å². The van der Waals surface area contributed by atoms with Gasteiger partial charge in [-0.15, -0.1) is 0 Å². The number of rotatable bonds is 1. The summed E-state index contributed by atoms with van der Waals surface area (Å²) >= 11 is 0. The quantitative estimate of drug-likeness (QED) is 0.622. The van der Waals surface area contributed by atoms with Gasteiger partial charge in [0.2, 0.25) is 11.8 Å². The highest BCUT2D eigenvalue weighted by Gasteiger charge is 2.07. The number of methoxy groups -OCH3 is 1. The van der Waals surface area contributed by atoms with Crippen molar-refractivity contribution >= 4 is 17.1 Å². The summed E-state index contributed by atoms with van der Waals surface area (Å²) in [7, 11) is -2.58. The summed E-state index contributed by atoms with van der Waals surface area (Å²) in [6.45, 7) is 0. The van der Waals surface area contributed by atoms with Crippen molar-refractivity contribution in [3.05, 3.63) is 6.33 Å². The van der Waals surface area contributed by atoms with Gasteiger partial charge in [-0.1, -0.05) is 0 Å². The largest absolute Gasteiger partial charge is 0.479 e. The van der Waals surface area contributed by atoms with Crippen LogP contribution in [0.4, 0.5) is 5.95 Å². The van der Waals surface area contributed by atoms with Gasteiger partial charge in [0, 0.05) is 0 Å². The summed E-state index contributed by atoms with van der Waals surface area (Å²) < 4.78 is 25.5. The molecule has 12 heavy (non-hydrogen) atoms. The lowest BCUT2D eigenvalue weighted by Crippen LogP contribution is -1.98. The number of anilines is 1. The summed E-state index contributed by atoms with van der Waals surface area (Å²) in [5.41, 5.74) is 5.93. The van der Waals surface area contributed by atoms with Gasteiger partial charge >= 0.3 is 0 Å². The maximum Gasteiger partial charge on any atom is 0.244 e. The van der Waals surface area contributed by atoms with Crippen LogP contribution in [0.15, 0.2) is 6.33 Å². The molecule has 3 N–H and O–H groups in total. The number of nitrogen functional groups attached to an aromatic ring is 1.